The second kappa shape index (κ2) is 6.16. The summed E-state index contributed by atoms with van der Waals surface area (Å²) in [5.41, 5.74) is 6.21. The van der Waals surface area contributed by atoms with E-state index < -0.39 is 6.10 Å². The van der Waals surface area contributed by atoms with E-state index in [1.54, 1.807) is 6.07 Å². The minimum Gasteiger partial charge on any atom is -0.480 e. The molecule has 118 valence electrons. The van der Waals surface area contributed by atoms with Crippen LogP contribution in [0.25, 0.3) is 0 Å². The molecule has 0 aromatic heterocycles. The summed E-state index contributed by atoms with van der Waals surface area (Å²) in [6, 6.07) is 5.43. The Morgan fingerprint density at radius 2 is 2.05 bits per heavy atom. The maximum Gasteiger partial charge on any atom is 0.263 e. The van der Waals surface area contributed by atoms with Gasteiger partial charge in [0.05, 0.1) is 0 Å². The van der Waals surface area contributed by atoms with E-state index in [0.717, 1.165) is 24.2 Å². The average molecular weight is 323 g/mol. The first kappa shape index (κ1) is 15.2. The van der Waals surface area contributed by atoms with Gasteiger partial charge in [0.15, 0.2) is 6.10 Å². The monoisotopic (exact) mass is 322 g/mol. The third kappa shape index (κ3) is 3.19. The number of nitrogens with zero attached hydrogens (tertiary/aromatic N) is 1. The third-order valence-corrected chi connectivity index (χ3v) is 4.62. The van der Waals surface area contributed by atoms with Crippen LogP contribution in [0.4, 0.5) is 0 Å². The highest BCUT2D eigenvalue weighted by molar-refractivity contribution is 6.30. The van der Waals surface area contributed by atoms with Crippen molar-refractivity contribution in [3.63, 3.8) is 0 Å². The summed E-state index contributed by atoms with van der Waals surface area (Å²) >= 11 is 5.97. The van der Waals surface area contributed by atoms with Crippen LogP contribution in [0.2, 0.25) is 5.02 Å². The number of primary amides is 1. The molecule has 0 aliphatic carbocycles. The van der Waals surface area contributed by atoms with Crippen molar-refractivity contribution in [1.82, 2.24) is 4.90 Å². The zero-order valence-electron chi connectivity index (χ0n) is 12.3. The Hall–Kier alpha value is -1.75. The molecule has 1 saturated heterocycles. The van der Waals surface area contributed by atoms with E-state index in [2.05, 4.69) is 0 Å². The van der Waals surface area contributed by atoms with Crippen molar-refractivity contribution < 1.29 is 14.3 Å². The van der Waals surface area contributed by atoms with Gasteiger partial charge in [0.1, 0.15) is 5.75 Å². The molecular formula is C16H19ClN2O3. The van der Waals surface area contributed by atoms with Crippen molar-refractivity contribution in [2.24, 2.45) is 11.7 Å². The molecule has 1 aromatic carbocycles. The third-order valence-electron chi connectivity index (χ3n) is 4.39. The first-order valence-corrected chi connectivity index (χ1v) is 7.93. The second-order valence-corrected chi connectivity index (χ2v) is 6.44. The number of nitrogens with two attached hydrogens (primary N) is 1. The zero-order chi connectivity index (χ0) is 15.7. The average Bonchev–Trinajstić information content (AvgIpc) is 2.89. The van der Waals surface area contributed by atoms with Gasteiger partial charge >= 0.3 is 0 Å². The van der Waals surface area contributed by atoms with Gasteiger partial charge in [-0.25, -0.2) is 0 Å². The molecule has 2 heterocycles. The lowest BCUT2D eigenvalue weighted by molar-refractivity contribution is -0.139. The number of carbonyl (C=O) groups is 2. The van der Waals surface area contributed by atoms with Crippen molar-refractivity contribution >= 4 is 23.4 Å². The number of rotatable bonds is 3. The van der Waals surface area contributed by atoms with Crippen LogP contribution in [-0.2, 0) is 16.0 Å². The molecule has 2 aliphatic heterocycles. The molecule has 1 aromatic rings. The Morgan fingerprint density at radius 1 is 1.32 bits per heavy atom. The summed E-state index contributed by atoms with van der Waals surface area (Å²) in [5, 5.41) is 0.655. The van der Waals surface area contributed by atoms with Crippen molar-refractivity contribution in [2.45, 2.75) is 31.8 Å². The van der Waals surface area contributed by atoms with Crippen molar-refractivity contribution in [2.75, 3.05) is 13.1 Å². The summed E-state index contributed by atoms with van der Waals surface area (Å²) < 4.78 is 5.74. The normalized spacial score (nSPS) is 21.3. The molecule has 0 radical (unpaired) electrons. The van der Waals surface area contributed by atoms with E-state index in [9.17, 15) is 9.59 Å². The topological polar surface area (TPSA) is 72.6 Å². The lowest BCUT2D eigenvalue weighted by atomic mass is 9.93. The first-order valence-electron chi connectivity index (χ1n) is 7.55. The van der Waals surface area contributed by atoms with Crippen LogP contribution < -0.4 is 10.5 Å². The van der Waals surface area contributed by atoms with Gasteiger partial charge in [0.25, 0.3) is 5.91 Å². The van der Waals surface area contributed by atoms with Gasteiger partial charge in [-0.2, -0.15) is 0 Å². The van der Waals surface area contributed by atoms with E-state index in [-0.39, 0.29) is 11.8 Å². The number of carbonyl (C=O) groups excluding carboxylic acids is 2. The Balaban J connectivity index is 1.57. The number of hydrogen-bond donors (Lipinski definition) is 1. The largest absolute Gasteiger partial charge is 0.480 e. The van der Waals surface area contributed by atoms with E-state index in [1.807, 2.05) is 17.0 Å². The lowest BCUT2D eigenvalue weighted by Gasteiger charge is -2.32. The van der Waals surface area contributed by atoms with Crippen LogP contribution in [0, 0.1) is 5.92 Å². The second-order valence-electron chi connectivity index (χ2n) is 6.00. The fraction of sp³-hybridized carbons (Fsp3) is 0.500. The minimum atomic E-state index is -0.457. The van der Waals surface area contributed by atoms with Crippen LogP contribution >= 0.6 is 11.6 Å². The SMILES string of the molecule is NC(=O)CC1CCN(C(=O)[C@@H]2Cc3cc(Cl)ccc3O2)CC1. The highest BCUT2D eigenvalue weighted by Crippen LogP contribution is 2.32. The smallest absolute Gasteiger partial charge is 0.263 e. The molecule has 5 nitrogen and oxygen atoms in total. The fourth-order valence-electron chi connectivity index (χ4n) is 3.20. The number of likely N-dealkylation sites (tertiary alicyclic amines) is 1. The predicted molar refractivity (Wildman–Crippen MR) is 82.7 cm³/mol. The van der Waals surface area contributed by atoms with Crippen LogP contribution in [0.15, 0.2) is 18.2 Å². The number of ether oxygens (including phenoxy) is 1. The number of piperidine rings is 1. The van der Waals surface area contributed by atoms with E-state index in [0.29, 0.717) is 36.9 Å². The van der Waals surface area contributed by atoms with Crippen molar-refractivity contribution in [3.8, 4) is 5.75 Å². The molecule has 0 unspecified atom stereocenters. The Kier molecular flexibility index (Phi) is 4.25. The van der Waals surface area contributed by atoms with Gasteiger partial charge in [-0.15, -0.1) is 0 Å². The maximum absolute atomic E-state index is 12.6. The number of fused-ring (bicyclic) bond motifs is 1. The molecule has 1 atom stereocenters. The number of hydrogen-bond acceptors (Lipinski definition) is 3. The fourth-order valence-corrected chi connectivity index (χ4v) is 3.40. The molecule has 1 fully saturated rings. The molecule has 0 bridgehead atoms. The highest BCUT2D eigenvalue weighted by Gasteiger charge is 2.34. The minimum absolute atomic E-state index is 0.0184. The molecular weight excluding hydrogens is 304 g/mol. The summed E-state index contributed by atoms with van der Waals surface area (Å²) in [4.78, 5) is 25.3. The number of halogens is 1. The van der Waals surface area contributed by atoms with Gasteiger partial charge in [0, 0.05) is 31.0 Å². The molecule has 0 saturated carbocycles. The number of amides is 2. The van der Waals surface area contributed by atoms with Crippen molar-refractivity contribution in [3.05, 3.63) is 28.8 Å². The number of benzene rings is 1. The molecule has 3 rings (SSSR count). The molecule has 2 N–H and O–H groups in total. The standard InChI is InChI=1S/C16H19ClN2O3/c17-12-1-2-13-11(8-12)9-14(22-13)16(21)19-5-3-10(4-6-19)7-15(18)20/h1-2,8,10,14H,3-7,9H2,(H2,18,20)/t14-/m0/s1. The summed E-state index contributed by atoms with van der Waals surface area (Å²) in [6.45, 7) is 1.32. The molecule has 6 heteroatoms. The van der Waals surface area contributed by atoms with Crippen LogP contribution in [-0.4, -0.2) is 35.9 Å². The molecule has 2 aliphatic rings. The Bertz CT molecular complexity index is 597. The van der Waals surface area contributed by atoms with E-state index >= 15 is 0 Å². The Labute approximate surface area is 134 Å². The maximum atomic E-state index is 12.6. The molecule has 0 spiro atoms. The Morgan fingerprint density at radius 3 is 2.73 bits per heavy atom. The van der Waals surface area contributed by atoms with Gasteiger partial charge in [-0.1, -0.05) is 11.6 Å². The van der Waals surface area contributed by atoms with Crippen LogP contribution in [0.5, 0.6) is 5.75 Å². The first-order chi connectivity index (χ1) is 10.5. The molecule has 22 heavy (non-hydrogen) atoms. The summed E-state index contributed by atoms with van der Waals surface area (Å²) in [7, 11) is 0. The lowest BCUT2D eigenvalue weighted by Crippen LogP contribution is -2.45. The van der Waals surface area contributed by atoms with Gasteiger partial charge in [-0.05, 0) is 42.5 Å². The van der Waals surface area contributed by atoms with Gasteiger partial charge < -0.3 is 15.4 Å². The van der Waals surface area contributed by atoms with Gasteiger partial charge in [-0.3, -0.25) is 9.59 Å². The van der Waals surface area contributed by atoms with Gasteiger partial charge in [0.2, 0.25) is 5.91 Å². The van der Waals surface area contributed by atoms with E-state index in [1.165, 1.54) is 0 Å². The summed E-state index contributed by atoms with van der Waals surface area (Å²) in [5.74, 6) is 0.787. The highest BCUT2D eigenvalue weighted by atomic mass is 35.5. The van der Waals surface area contributed by atoms with E-state index in [4.69, 9.17) is 22.1 Å². The quantitative estimate of drug-likeness (QED) is 0.921. The van der Waals surface area contributed by atoms with Crippen LogP contribution in [0.1, 0.15) is 24.8 Å². The zero-order valence-corrected chi connectivity index (χ0v) is 13.0. The van der Waals surface area contributed by atoms with Crippen molar-refractivity contribution in [1.29, 1.82) is 0 Å². The predicted octanol–water partition coefficient (Wildman–Crippen LogP) is 1.76. The van der Waals surface area contributed by atoms with Crippen LogP contribution in [0.3, 0.4) is 0 Å². The summed E-state index contributed by atoms with van der Waals surface area (Å²) in [6.07, 6.45) is 2.16. The molecule has 2 amide bonds.